The highest BCUT2D eigenvalue weighted by atomic mass is 32.2. The molecule has 356 valence electrons. The molecule has 0 bridgehead atoms. The van der Waals surface area contributed by atoms with Crippen LogP contribution in [0.5, 0.6) is 0 Å². The van der Waals surface area contributed by atoms with E-state index in [-0.39, 0.29) is 28.8 Å². The fourth-order valence-electron chi connectivity index (χ4n) is 7.59. The monoisotopic (exact) mass is 918 g/mol. The van der Waals surface area contributed by atoms with Crippen molar-refractivity contribution >= 4 is 64.0 Å². The smallest absolute Gasteiger partial charge is 0.317 e. The number of amides is 1. The van der Waals surface area contributed by atoms with Gasteiger partial charge in [-0.05, 0) is 49.0 Å². The van der Waals surface area contributed by atoms with Crippen molar-refractivity contribution in [3.8, 4) is 0 Å². The number of nitrogens with one attached hydrogen (secondary N) is 1. The fourth-order valence-corrected chi connectivity index (χ4v) is 11.2. The summed E-state index contributed by atoms with van der Waals surface area (Å²) in [6, 6.07) is 0.0663. The topological polar surface area (TPSA) is 72.5 Å². The van der Waals surface area contributed by atoms with E-state index in [1.165, 1.54) is 224 Å². The van der Waals surface area contributed by atoms with Crippen LogP contribution in [0.1, 0.15) is 259 Å². The molecule has 0 aliphatic heterocycles. The van der Waals surface area contributed by atoms with Crippen LogP contribution in [0.4, 0.5) is 0 Å². The van der Waals surface area contributed by atoms with Crippen molar-refractivity contribution in [1.29, 1.82) is 0 Å². The third-order valence-electron chi connectivity index (χ3n) is 11.4. The quantitative estimate of drug-likeness (QED) is 0.0368. The highest BCUT2D eigenvalue weighted by molar-refractivity contribution is 8.16. The van der Waals surface area contributed by atoms with Crippen molar-refractivity contribution in [1.82, 2.24) is 5.32 Å². The van der Waals surface area contributed by atoms with E-state index in [1.54, 1.807) is 35.3 Å². The van der Waals surface area contributed by atoms with Gasteiger partial charge in [-0.15, -0.1) is 11.8 Å². The molecule has 0 aliphatic carbocycles. The Morgan fingerprint density at radius 3 is 1.20 bits per heavy atom. The summed E-state index contributed by atoms with van der Waals surface area (Å²) in [5.74, 6) is 3.87. The first-order chi connectivity index (χ1) is 29.5. The molecule has 0 aromatic carbocycles. The highest BCUT2D eigenvalue weighted by Crippen LogP contribution is 2.22. The van der Waals surface area contributed by atoms with Crippen LogP contribution in [0.15, 0.2) is 0 Å². The van der Waals surface area contributed by atoms with Crippen molar-refractivity contribution in [2.24, 2.45) is 0 Å². The van der Waals surface area contributed by atoms with Crippen LogP contribution in [0.25, 0.3) is 0 Å². The van der Waals surface area contributed by atoms with E-state index in [0.29, 0.717) is 23.7 Å². The third-order valence-corrected chi connectivity index (χ3v) is 15.9. The van der Waals surface area contributed by atoms with E-state index in [0.717, 1.165) is 24.3 Å². The van der Waals surface area contributed by atoms with Crippen LogP contribution in [0, 0.1) is 0 Å². The summed E-state index contributed by atoms with van der Waals surface area (Å²) in [6.07, 6.45) is 46.8. The Morgan fingerprint density at radius 1 is 0.433 bits per heavy atom. The highest BCUT2D eigenvalue weighted by Gasteiger charge is 2.19. The Hall–Kier alpha value is 0.01000. The molecule has 0 spiro atoms. The lowest BCUT2D eigenvalue weighted by Gasteiger charge is -2.19. The summed E-state index contributed by atoms with van der Waals surface area (Å²) in [6.45, 7) is 8.80. The van der Waals surface area contributed by atoms with Gasteiger partial charge in [-0.3, -0.25) is 14.4 Å². The van der Waals surface area contributed by atoms with Gasteiger partial charge < -0.3 is 10.1 Å². The largest absolute Gasteiger partial charge is 0.450 e. The van der Waals surface area contributed by atoms with Crippen molar-refractivity contribution in [3.63, 3.8) is 0 Å². The van der Waals surface area contributed by atoms with Gasteiger partial charge in [-0.1, -0.05) is 233 Å². The van der Waals surface area contributed by atoms with Crippen LogP contribution < -0.4 is 5.32 Å². The molecule has 0 aliphatic rings. The van der Waals surface area contributed by atoms with Gasteiger partial charge in [0.25, 0.3) is 0 Å². The first-order valence-corrected chi connectivity index (χ1v) is 30.2. The predicted molar refractivity (Wildman–Crippen MR) is 275 cm³/mol. The molecular weight excluding hydrogens is 819 g/mol. The van der Waals surface area contributed by atoms with E-state index in [9.17, 15) is 14.4 Å². The number of rotatable bonds is 49. The average Bonchev–Trinajstić information content (AvgIpc) is 3.24. The van der Waals surface area contributed by atoms with E-state index < -0.39 is 5.44 Å². The lowest BCUT2D eigenvalue weighted by molar-refractivity contribution is -0.141. The van der Waals surface area contributed by atoms with Crippen molar-refractivity contribution < 1.29 is 19.1 Å². The molecule has 0 heterocycles. The second-order valence-electron chi connectivity index (χ2n) is 17.5. The Kier molecular flexibility index (Phi) is 50.0. The zero-order valence-electron chi connectivity index (χ0n) is 40.1. The first-order valence-electron chi connectivity index (χ1n) is 25.9. The zero-order valence-corrected chi connectivity index (χ0v) is 43.4. The summed E-state index contributed by atoms with van der Waals surface area (Å²) < 4.78 is 5.74. The summed E-state index contributed by atoms with van der Waals surface area (Å²) in [7, 11) is 0. The van der Waals surface area contributed by atoms with Gasteiger partial charge >= 0.3 is 5.97 Å². The van der Waals surface area contributed by atoms with Crippen molar-refractivity contribution in [3.05, 3.63) is 0 Å². The summed E-state index contributed by atoms with van der Waals surface area (Å²) >= 11 is 6.20. The van der Waals surface area contributed by atoms with Crippen LogP contribution >= 0.6 is 47.0 Å². The van der Waals surface area contributed by atoms with Gasteiger partial charge in [0, 0.05) is 11.8 Å². The second-order valence-corrected chi connectivity index (χ2v) is 21.9. The van der Waals surface area contributed by atoms with E-state index >= 15 is 0 Å². The minimum atomic E-state index is -0.429. The van der Waals surface area contributed by atoms with Gasteiger partial charge in [0.15, 0.2) is 5.44 Å². The number of carbonyl (C=O) groups excluding carboxylic acids is 3. The van der Waals surface area contributed by atoms with Gasteiger partial charge in [0.1, 0.15) is 0 Å². The maximum atomic E-state index is 13.0. The molecule has 0 saturated carbocycles. The molecule has 0 rings (SSSR count). The molecule has 5 nitrogen and oxygen atoms in total. The molecule has 60 heavy (non-hydrogen) atoms. The van der Waals surface area contributed by atoms with Crippen LogP contribution in [-0.2, 0) is 19.1 Å². The van der Waals surface area contributed by atoms with Gasteiger partial charge in [-0.25, -0.2) is 0 Å². The molecule has 2 atom stereocenters. The van der Waals surface area contributed by atoms with Gasteiger partial charge in [0.05, 0.1) is 17.3 Å². The Labute approximate surface area is 391 Å². The van der Waals surface area contributed by atoms with E-state index in [2.05, 4.69) is 26.1 Å². The number of hydrogen-bond acceptors (Lipinski definition) is 8. The average molecular weight is 919 g/mol. The van der Waals surface area contributed by atoms with Gasteiger partial charge in [-0.2, -0.15) is 23.5 Å². The molecular formula is C51H99NO4S4. The lowest BCUT2D eigenvalue weighted by atomic mass is 10.0. The number of thioether (sulfide) groups is 4. The maximum absolute atomic E-state index is 13.0. The molecule has 1 amide bonds. The number of esters is 1. The predicted octanol–water partition coefficient (Wildman–Crippen LogP) is 16.9. The maximum Gasteiger partial charge on any atom is 0.317 e. The molecule has 0 radical (unpaired) electrons. The zero-order chi connectivity index (χ0) is 43.8. The molecule has 2 unspecified atom stereocenters. The summed E-state index contributed by atoms with van der Waals surface area (Å²) in [5.41, 5.74) is -0.429. The third kappa shape index (κ3) is 46.0. The molecule has 0 saturated heterocycles. The molecule has 9 heteroatoms. The Balaban J connectivity index is 4.35. The molecule has 0 fully saturated rings. The normalized spacial score (nSPS) is 12.5. The first kappa shape index (κ1) is 60.0. The lowest BCUT2D eigenvalue weighted by Crippen LogP contribution is -2.38. The fraction of sp³-hybridized carbons (Fsp3) is 0.941. The molecule has 0 aromatic rings. The SMILES string of the molecule is CCCCCCCCCCCCCCSCC(=O)NC(CCCCCCCCCCCC)CSCC(=O)OC(CC)SC(=O)CSCCCCCCCCCCCCCC. The van der Waals surface area contributed by atoms with Crippen LogP contribution in [0.2, 0.25) is 0 Å². The standard InChI is InChI=1S/C51H99NO4S4/c1-5-9-12-15-18-21-24-26-29-32-35-38-41-57-44-48(53)52-47(40-37-34-31-28-23-20-17-14-11-7-3)43-59-45-49(54)56-51(8-4)60-50(55)46-58-42-39-36-33-30-27-25-22-19-16-13-10-6-2/h47,51H,5-46H2,1-4H3,(H,52,53). The Bertz CT molecular complexity index is 926. The Morgan fingerprint density at radius 2 is 0.800 bits per heavy atom. The van der Waals surface area contributed by atoms with Crippen molar-refractivity contribution in [2.75, 3.05) is 34.5 Å². The van der Waals surface area contributed by atoms with E-state index in [1.807, 2.05) is 6.92 Å². The number of ether oxygens (including phenoxy) is 1. The number of carbonyl (C=O) groups is 3. The molecule has 0 aromatic heterocycles. The van der Waals surface area contributed by atoms with Crippen LogP contribution in [0.3, 0.4) is 0 Å². The number of unbranched alkanes of at least 4 members (excludes halogenated alkanes) is 31. The van der Waals surface area contributed by atoms with Crippen LogP contribution in [-0.4, -0.2) is 63.0 Å². The molecule has 1 N–H and O–H groups in total. The summed E-state index contributed by atoms with van der Waals surface area (Å²) in [4.78, 5) is 38.5. The van der Waals surface area contributed by atoms with E-state index in [4.69, 9.17) is 4.74 Å². The summed E-state index contributed by atoms with van der Waals surface area (Å²) in [5, 5.41) is 3.41. The van der Waals surface area contributed by atoms with Gasteiger partial charge in [0.2, 0.25) is 11.0 Å². The number of hydrogen-bond donors (Lipinski definition) is 1. The minimum Gasteiger partial charge on any atom is -0.450 e. The van der Waals surface area contributed by atoms with Crippen molar-refractivity contribution in [2.45, 2.75) is 270 Å². The minimum absolute atomic E-state index is 0.0663. The second kappa shape index (κ2) is 50.0.